The zero-order chi connectivity index (χ0) is 14.8. The Morgan fingerprint density at radius 1 is 1.29 bits per heavy atom. The fraction of sp³-hybridized carbons (Fsp3) is 0.562. The molecule has 0 radical (unpaired) electrons. The Morgan fingerprint density at radius 3 is 2.95 bits per heavy atom. The van der Waals surface area contributed by atoms with Crippen molar-refractivity contribution in [3.63, 3.8) is 0 Å². The van der Waals surface area contributed by atoms with Crippen molar-refractivity contribution >= 4 is 11.0 Å². The third kappa shape index (κ3) is 3.09. The Balaban J connectivity index is 1.95. The smallest absolute Gasteiger partial charge is 0.125 e. The molecule has 0 spiro atoms. The van der Waals surface area contributed by atoms with Crippen LogP contribution in [0.1, 0.15) is 32.1 Å². The molecule has 1 aliphatic heterocycles. The molecule has 0 bridgehead atoms. The van der Waals surface area contributed by atoms with Crippen LogP contribution < -0.4 is 5.32 Å². The van der Waals surface area contributed by atoms with E-state index in [1.54, 1.807) is 12.1 Å². The quantitative estimate of drug-likeness (QED) is 0.943. The molecule has 5 heteroatoms. The first-order valence-electron chi connectivity index (χ1n) is 7.74. The van der Waals surface area contributed by atoms with Crippen LogP contribution in [-0.2, 0) is 6.54 Å². The third-order valence-corrected chi connectivity index (χ3v) is 4.04. The second-order valence-electron chi connectivity index (χ2n) is 6.00. The van der Waals surface area contributed by atoms with Gasteiger partial charge in [-0.2, -0.15) is 0 Å². The molecule has 1 aliphatic rings. The van der Waals surface area contributed by atoms with Gasteiger partial charge in [-0.1, -0.05) is 0 Å². The lowest BCUT2D eigenvalue weighted by atomic mass is 10.3. The van der Waals surface area contributed by atoms with Crippen LogP contribution in [0.25, 0.3) is 11.0 Å². The summed E-state index contributed by atoms with van der Waals surface area (Å²) in [6.45, 7) is 9.31. The number of nitrogens with zero attached hydrogens (tertiary/aromatic N) is 3. The summed E-state index contributed by atoms with van der Waals surface area (Å²) in [6, 6.07) is 5.13. The van der Waals surface area contributed by atoms with Crippen LogP contribution in [0.5, 0.6) is 0 Å². The molecule has 2 heterocycles. The van der Waals surface area contributed by atoms with Crippen molar-refractivity contribution in [1.82, 2.24) is 19.8 Å². The van der Waals surface area contributed by atoms with Crippen LogP contribution in [0, 0.1) is 5.82 Å². The van der Waals surface area contributed by atoms with Gasteiger partial charge in [0.25, 0.3) is 0 Å². The van der Waals surface area contributed by atoms with Gasteiger partial charge in [0.1, 0.15) is 11.6 Å². The number of fused-ring (bicyclic) bond motifs is 1. The van der Waals surface area contributed by atoms with Gasteiger partial charge in [-0.25, -0.2) is 9.37 Å². The molecule has 21 heavy (non-hydrogen) atoms. The van der Waals surface area contributed by atoms with E-state index in [2.05, 4.69) is 28.6 Å². The number of aromatic nitrogens is 2. The molecule has 1 N–H and O–H groups in total. The van der Waals surface area contributed by atoms with Crippen molar-refractivity contribution in [2.75, 3.05) is 26.2 Å². The molecule has 1 saturated heterocycles. The van der Waals surface area contributed by atoms with E-state index < -0.39 is 0 Å². The molecule has 2 aromatic rings. The van der Waals surface area contributed by atoms with E-state index in [1.807, 2.05) is 0 Å². The summed E-state index contributed by atoms with van der Waals surface area (Å²) < 4.78 is 15.7. The molecule has 0 unspecified atom stereocenters. The largest absolute Gasteiger partial charge is 0.324 e. The van der Waals surface area contributed by atoms with Crippen molar-refractivity contribution in [1.29, 1.82) is 0 Å². The first-order valence-corrected chi connectivity index (χ1v) is 7.74. The van der Waals surface area contributed by atoms with Crippen LogP contribution in [-0.4, -0.2) is 40.6 Å². The van der Waals surface area contributed by atoms with Crippen LogP contribution >= 0.6 is 0 Å². The predicted molar refractivity (Wildman–Crippen MR) is 82.8 cm³/mol. The molecule has 1 fully saturated rings. The number of imidazole rings is 1. The van der Waals surface area contributed by atoms with Gasteiger partial charge in [0.2, 0.25) is 0 Å². The van der Waals surface area contributed by atoms with E-state index >= 15 is 0 Å². The van der Waals surface area contributed by atoms with E-state index in [1.165, 1.54) is 6.07 Å². The summed E-state index contributed by atoms with van der Waals surface area (Å²) in [4.78, 5) is 7.16. The normalized spacial score (nSPS) is 17.5. The van der Waals surface area contributed by atoms with Gasteiger partial charge in [-0.05, 0) is 51.6 Å². The molecular weight excluding hydrogens is 267 g/mol. The molecule has 4 nitrogen and oxygen atoms in total. The number of benzene rings is 1. The zero-order valence-corrected chi connectivity index (χ0v) is 12.8. The molecule has 0 atom stereocenters. The first-order chi connectivity index (χ1) is 10.1. The minimum atomic E-state index is -0.199. The maximum Gasteiger partial charge on any atom is 0.125 e. The summed E-state index contributed by atoms with van der Waals surface area (Å²) >= 11 is 0. The number of rotatable bonds is 3. The van der Waals surface area contributed by atoms with Crippen LogP contribution in [0.15, 0.2) is 18.2 Å². The van der Waals surface area contributed by atoms with Gasteiger partial charge in [0, 0.05) is 19.1 Å². The molecule has 0 aliphatic carbocycles. The number of halogens is 1. The highest BCUT2D eigenvalue weighted by atomic mass is 19.1. The first kappa shape index (κ1) is 14.5. The monoisotopic (exact) mass is 290 g/mol. The molecule has 1 aromatic carbocycles. The van der Waals surface area contributed by atoms with E-state index in [4.69, 9.17) is 4.98 Å². The van der Waals surface area contributed by atoms with E-state index in [9.17, 15) is 4.39 Å². The van der Waals surface area contributed by atoms with Gasteiger partial charge < -0.3 is 9.88 Å². The topological polar surface area (TPSA) is 33.1 Å². The van der Waals surface area contributed by atoms with Crippen molar-refractivity contribution < 1.29 is 4.39 Å². The lowest BCUT2D eigenvalue weighted by Crippen LogP contribution is -2.29. The molecule has 1 aromatic heterocycles. The minimum absolute atomic E-state index is 0.199. The SMILES string of the molecule is CC(C)n1c(CN2CCCNCC2)nc2ccc(F)cc21. The second kappa shape index (κ2) is 6.12. The average molecular weight is 290 g/mol. The Bertz CT molecular complexity index is 612. The fourth-order valence-electron chi connectivity index (χ4n) is 3.06. The summed E-state index contributed by atoms with van der Waals surface area (Å²) in [5.41, 5.74) is 1.78. The molecular formula is C16H23FN4. The third-order valence-electron chi connectivity index (χ3n) is 4.04. The number of hydrogen-bond donors (Lipinski definition) is 1. The van der Waals surface area contributed by atoms with Gasteiger partial charge in [0.15, 0.2) is 0 Å². The number of nitrogens with one attached hydrogen (secondary N) is 1. The Kier molecular flexibility index (Phi) is 4.22. The minimum Gasteiger partial charge on any atom is -0.324 e. The summed E-state index contributed by atoms with van der Waals surface area (Å²) in [5.74, 6) is 0.835. The second-order valence-corrected chi connectivity index (χ2v) is 6.00. The Labute approximate surface area is 125 Å². The highest BCUT2D eigenvalue weighted by molar-refractivity contribution is 5.76. The van der Waals surface area contributed by atoms with E-state index in [-0.39, 0.29) is 11.9 Å². The van der Waals surface area contributed by atoms with Crippen LogP contribution in [0.4, 0.5) is 4.39 Å². The van der Waals surface area contributed by atoms with E-state index in [0.717, 1.165) is 56.0 Å². The standard InChI is InChI=1S/C16H23FN4/c1-12(2)21-15-10-13(17)4-5-14(15)19-16(21)11-20-8-3-6-18-7-9-20/h4-5,10,12,18H,3,6-9,11H2,1-2H3. The summed E-state index contributed by atoms with van der Waals surface area (Å²) in [7, 11) is 0. The van der Waals surface area contributed by atoms with Crippen molar-refractivity contribution in [3.05, 3.63) is 29.8 Å². The highest BCUT2D eigenvalue weighted by Crippen LogP contribution is 2.23. The zero-order valence-electron chi connectivity index (χ0n) is 12.8. The van der Waals surface area contributed by atoms with E-state index in [0.29, 0.717) is 0 Å². The number of hydrogen-bond acceptors (Lipinski definition) is 3. The van der Waals surface area contributed by atoms with Gasteiger partial charge >= 0.3 is 0 Å². The molecule has 3 rings (SSSR count). The van der Waals surface area contributed by atoms with Gasteiger partial charge in [-0.15, -0.1) is 0 Å². The van der Waals surface area contributed by atoms with Gasteiger partial charge in [0.05, 0.1) is 17.6 Å². The van der Waals surface area contributed by atoms with Crippen molar-refractivity contribution in [2.45, 2.75) is 32.9 Å². The summed E-state index contributed by atoms with van der Waals surface area (Å²) in [6.07, 6.45) is 1.16. The molecule has 0 amide bonds. The molecule has 114 valence electrons. The highest BCUT2D eigenvalue weighted by Gasteiger charge is 2.17. The molecule has 0 saturated carbocycles. The van der Waals surface area contributed by atoms with Crippen molar-refractivity contribution in [2.24, 2.45) is 0 Å². The maximum atomic E-state index is 13.5. The van der Waals surface area contributed by atoms with Gasteiger partial charge in [-0.3, -0.25) is 4.90 Å². The Hall–Kier alpha value is -1.46. The maximum absolute atomic E-state index is 13.5. The lowest BCUT2D eigenvalue weighted by molar-refractivity contribution is 0.271. The van der Waals surface area contributed by atoms with Crippen LogP contribution in [0.3, 0.4) is 0 Å². The van der Waals surface area contributed by atoms with Crippen molar-refractivity contribution in [3.8, 4) is 0 Å². The average Bonchev–Trinajstić information content (AvgIpc) is 2.60. The lowest BCUT2D eigenvalue weighted by Gasteiger charge is -2.21. The fourth-order valence-corrected chi connectivity index (χ4v) is 3.06. The van der Waals surface area contributed by atoms with Crippen LogP contribution in [0.2, 0.25) is 0 Å². The summed E-state index contributed by atoms with van der Waals surface area (Å²) in [5, 5.41) is 3.42. The predicted octanol–water partition coefficient (Wildman–Crippen LogP) is 2.55. The Morgan fingerprint density at radius 2 is 2.14 bits per heavy atom.